The molecule has 0 radical (unpaired) electrons. The monoisotopic (exact) mass is 312 g/mol. The van der Waals surface area contributed by atoms with Crippen LogP contribution in [0.25, 0.3) is 0 Å². The second-order valence-corrected chi connectivity index (χ2v) is 5.91. The molecular formula is C20H24O3. The highest BCUT2D eigenvalue weighted by Gasteiger charge is 2.25. The lowest BCUT2D eigenvalue weighted by Gasteiger charge is -2.14. The first-order valence-electron chi connectivity index (χ1n) is 7.99. The van der Waals surface area contributed by atoms with E-state index >= 15 is 0 Å². The lowest BCUT2D eigenvalue weighted by molar-refractivity contribution is -0.126. The van der Waals surface area contributed by atoms with Crippen LogP contribution in [0.15, 0.2) is 60.7 Å². The Kier molecular flexibility index (Phi) is 6.98. The molecule has 3 nitrogen and oxygen atoms in total. The third kappa shape index (κ3) is 6.35. The molecule has 2 atom stereocenters. The van der Waals surface area contributed by atoms with Crippen molar-refractivity contribution in [2.45, 2.75) is 25.9 Å². The summed E-state index contributed by atoms with van der Waals surface area (Å²) in [5.74, 6) is -0.0136. The molecule has 0 spiro atoms. The molecule has 0 saturated carbocycles. The van der Waals surface area contributed by atoms with Crippen molar-refractivity contribution in [3.8, 4) is 0 Å². The van der Waals surface area contributed by atoms with E-state index in [4.69, 9.17) is 4.74 Å². The third-order valence-electron chi connectivity index (χ3n) is 3.83. The zero-order chi connectivity index (χ0) is 16.5. The molecule has 122 valence electrons. The van der Waals surface area contributed by atoms with E-state index in [-0.39, 0.29) is 24.9 Å². The fourth-order valence-corrected chi connectivity index (χ4v) is 2.57. The molecule has 1 heterocycles. The van der Waals surface area contributed by atoms with Gasteiger partial charge in [0.1, 0.15) is 6.61 Å². The second kappa shape index (κ2) is 9.23. The highest BCUT2D eigenvalue weighted by Crippen LogP contribution is 2.18. The van der Waals surface area contributed by atoms with E-state index < -0.39 is 6.10 Å². The number of hydrogen-bond donors (Lipinski definition) is 1. The lowest BCUT2D eigenvalue weighted by Crippen LogP contribution is -2.21. The maximum atomic E-state index is 11.7. The number of ketones is 1. The largest absolute Gasteiger partial charge is 0.391 e. The Balaban J connectivity index is 0.000000229. The van der Waals surface area contributed by atoms with E-state index in [1.54, 1.807) is 0 Å². The smallest absolute Gasteiger partial charge is 0.161 e. The number of aliphatic hydroxyl groups excluding tert-OH is 1. The van der Waals surface area contributed by atoms with Crippen LogP contribution in [0.3, 0.4) is 0 Å². The number of carbonyl (C=O) groups is 1. The summed E-state index contributed by atoms with van der Waals surface area (Å²) in [7, 11) is 0. The van der Waals surface area contributed by atoms with Crippen molar-refractivity contribution in [1.82, 2.24) is 0 Å². The molecule has 3 heteroatoms. The van der Waals surface area contributed by atoms with E-state index in [1.165, 1.54) is 5.56 Å². The van der Waals surface area contributed by atoms with Crippen LogP contribution in [0.2, 0.25) is 0 Å². The fraction of sp³-hybridized carbons (Fsp3) is 0.350. The van der Waals surface area contributed by atoms with E-state index in [9.17, 15) is 9.90 Å². The molecule has 0 aromatic heterocycles. The molecule has 0 amide bonds. The first kappa shape index (κ1) is 17.4. The quantitative estimate of drug-likeness (QED) is 0.926. The lowest BCUT2D eigenvalue weighted by atomic mass is 9.91. The molecule has 23 heavy (non-hydrogen) atoms. The van der Waals surface area contributed by atoms with Crippen molar-refractivity contribution in [1.29, 1.82) is 0 Å². The Morgan fingerprint density at radius 2 is 1.65 bits per heavy atom. The average molecular weight is 312 g/mol. The molecule has 0 aliphatic carbocycles. The molecule has 1 aliphatic rings. The highest BCUT2D eigenvalue weighted by atomic mass is 16.5. The van der Waals surface area contributed by atoms with Gasteiger partial charge in [-0.1, -0.05) is 66.2 Å². The Morgan fingerprint density at radius 1 is 1.04 bits per heavy atom. The molecule has 3 rings (SSSR count). The molecule has 1 aliphatic heterocycles. The summed E-state index contributed by atoms with van der Waals surface area (Å²) in [6.45, 7) is 2.49. The Labute approximate surface area is 137 Å². The predicted octanol–water partition coefficient (Wildman–Crippen LogP) is 3.19. The summed E-state index contributed by atoms with van der Waals surface area (Å²) in [4.78, 5) is 11.7. The van der Waals surface area contributed by atoms with Gasteiger partial charge < -0.3 is 9.84 Å². The second-order valence-electron chi connectivity index (χ2n) is 5.91. The number of aryl methyl sites for hydroxylation is 1. The predicted molar refractivity (Wildman–Crippen MR) is 91.3 cm³/mol. The van der Waals surface area contributed by atoms with Crippen molar-refractivity contribution in [3.63, 3.8) is 0 Å². The molecule has 0 bridgehead atoms. The normalized spacial score (nSPS) is 21.0. The van der Waals surface area contributed by atoms with Crippen molar-refractivity contribution in [2.24, 2.45) is 5.92 Å². The van der Waals surface area contributed by atoms with Crippen LogP contribution < -0.4 is 0 Å². The van der Waals surface area contributed by atoms with Gasteiger partial charge in [-0.3, -0.25) is 4.79 Å². The highest BCUT2D eigenvalue weighted by molar-refractivity contribution is 5.82. The Bertz CT molecular complexity index is 580. The molecular weight excluding hydrogens is 288 g/mol. The molecule has 1 fully saturated rings. The van der Waals surface area contributed by atoms with Gasteiger partial charge in [0.2, 0.25) is 0 Å². The van der Waals surface area contributed by atoms with Crippen molar-refractivity contribution >= 4 is 5.78 Å². The minimum Gasteiger partial charge on any atom is -0.391 e. The van der Waals surface area contributed by atoms with Crippen LogP contribution in [0.5, 0.6) is 0 Å². The fourth-order valence-electron chi connectivity index (χ4n) is 2.57. The van der Waals surface area contributed by atoms with Crippen LogP contribution in [-0.4, -0.2) is 30.2 Å². The minimum absolute atomic E-state index is 0.0976. The summed E-state index contributed by atoms with van der Waals surface area (Å²) in [6, 6.07) is 20.2. The van der Waals surface area contributed by atoms with Gasteiger partial charge in [-0.25, -0.2) is 0 Å². The van der Waals surface area contributed by atoms with Gasteiger partial charge >= 0.3 is 0 Å². The van der Waals surface area contributed by atoms with Gasteiger partial charge in [-0.15, -0.1) is 0 Å². The maximum Gasteiger partial charge on any atom is 0.161 e. The maximum absolute atomic E-state index is 11.7. The van der Waals surface area contributed by atoms with Gasteiger partial charge in [-0.2, -0.15) is 0 Å². The van der Waals surface area contributed by atoms with E-state index in [0.29, 0.717) is 12.8 Å². The number of aliphatic hydroxyl groups is 1. The van der Waals surface area contributed by atoms with Crippen LogP contribution in [0.4, 0.5) is 0 Å². The number of rotatable bonds is 2. The zero-order valence-corrected chi connectivity index (χ0v) is 13.5. The van der Waals surface area contributed by atoms with Gasteiger partial charge in [0.05, 0.1) is 12.7 Å². The van der Waals surface area contributed by atoms with Crippen molar-refractivity contribution in [2.75, 3.05) is 13.2 Å². The minimum atomic E-state index is -0.514. The first-order valence-corrected chi connectivity index (χ1v) is 7.99. The summed E-state index contributed by atoms with van der Waals surface area (Å²) < 4.78 is 5.09. The van der Waals surface area contributed by atoms with Gasteiger partial charge in [0, 0.05) is 5.92 Å². The van der Waals surface area contributed by atoms with E-state index in [0.717, 1.165) is 5.56 Å². The van der Waals surface area contributed by atoms with Gasteiger partial charge in [-0.05, 0) is 25.3 Å². The van der Waals surface area contributed by atoms with Crippen LogP contribution >= 0.6 is 0 Å². The van der Waals surface area contributed by atoms with Crippen molar-refractivity contribution in [3.05, 3.63) is 71.8 Å². The summed E-state index contributed by atoms with van der Waals surface area (Å²) >= 11 is 0. The van der Waals surface area contributed by atoms with Crippen molar-refractivity contribution < 1.29 is 14.6 Å². The number of Topliss-reactive ketones (excluding diaryl/α,β-unsaturated/α-hetero) is 1. The first-order chi connectivity index (χ1) is 11.1. The van der Waals surface area contributed by atoms with Crippen LogP contribution in [0.1, 0.15) is 17.5 Å². The SMILES string of the molecule is Cc1ccccc1.O=C1COC[C@@H](O)CC1Cc1ccccc1. The van der Waals surface area contributed by atoms with Crippen LogP contribution in [-0.2, 0) is 16.0 Å². The summed E-state index contributed by atoms with van der Waals surface area (Å²) in [5, 5.41) is 9.58. The van der Waals surface area contributed by atoms with E-state index in [1.807, 2.05) is 48.5 Å². The molecule has 1 saturated heterocycles. The zero-order valence-electron chi connectivity index (χ0n) is 13.5. The molecule has 1 N–H and O–H groups in total. The average Bonchev–Trinajstić information content (AvgIpc) is 2.71. The Hall–Kier alpha value is -1.97. The van der Waals surface area contributed by atoms with Gasteiger partial charge in [0.15, 0.2) is 5.78 Å². The summed E-state index contributed by atoms with van der Waals surface area (Å²) in [5.41, 5.74) is 2.46. The number of carbonyl (C=O) groups excluding carboxylic acids is 1. The topological polar surface area (TPSA) is 46.5 Å². The summed E-state index contributed by atoms with van der Waals surface area (Å²) in [6.07, 6.45) is 0.688. The number of ether oxygens (including phenoxy) is 1. The number of benzene rings is 2. The molecule has 2 aromatic carbocycles. The standard InChI is InChI=1S/C13H16O3.C7H8/c14-12-7-11(13(15)9-16-8-12)6-10-4-2-1-3-5-10;1-7-5-3-2-4-6-7/h1-5,11-12,14H,6-9H2;2-6H,1H3/t11?,12-;/m0./s1. The third-order valence-corrected chi connectivity index (χ3v) is 3.83. The number of hydrogen-bond acceptors (Lipinski definition) is 3. The van der Waals surface area contributed by atoms with Gasteiger partial charge in [0.25, 0.3) is 0 Å². The molecule has 1 unspecified atom stereocenters. The van der Waals surface area contributed by atoms with Crippen LogP contribution in [0, 0.1) is 12.8 Å². The van der Waals surface area contributed by atoms with E-state index in [2.05, 4.69) is 19.1 Å². The Morgan fingerprint density at radius 3 is 2.22 bits per heavy atom. The molecule has 2 aromatic rings.